The molecular formula is C10H15NO3S. The average molecular weight is 229 g/mol. The Balaban J connectivity index is 2.92. The third-order valence-electron chi connectivity index (χ3n) is 2.15. The number of hydrogen-bond acceptors (Lipinski definition) is 5. The lowest BCUT2D eigenvalue weighted by Crippen LogP contribution is -2.19. The summed E-state index contributed by atoms with van der Waals surface area (Å²) in [6.07, 6.45) is -1.88. The number of aliphatic hydroxyl groups excluding tert-OH is 2. The van der Waals surface area contributed by atoms with Gasteiger partial charge in [-0.15, -0.1) is 0 Å². The first-order valence-electron chi connectivity index (χ1n) is 4.50. The molecule has 0 saturated heterocycles. The van der Waals surface area contributed by atoms with Crippen molar-refractivity contribution in [2.75, 3.05) is 18.6 Å². The summed E-state index contributed by atoms with van der Waals surface area (Å²) in [5.74, 6) is 0.735. The van der Waals surface area contributed by atoms with Gasteiger partial charge in [-0.25, -0.2) is 0 Å². The van der Waals surface area contributed by atoms with Gasteiger partial charge in [0.2, 0.25) is 0 Å². The summed E-state index contributed by atoms with van der Waals surface area (Å²) in [6.45, 7) is 0. The fourth-order valence-corrected chi connectivity index (χ4v) is 1.46. The quantitative estimate of drug-likeness (QED) is 0.450. The number of methoxy groups -OCH3 is 1. The highest BCUT2D eigenvalue weighted by Crippen LogP contribution is 2.26. The Morgan fingerprint density at radius 1 is 1.47 bits per heavy atom. The molecule has 0 heterocycles. The van der Waals surface area contributed by atoms with E-state index in [1.165, 1.54) is 7.11 Å². The number of hydrogen-bond donors (Lipinski definition) is 4. The van der Waals surface area contributed by atoms with Crippen molar-refractivity contribution in [3.63, 3.8) is 0 Å². The zero-order chi connectivity index (χ0) is 11.4. The van der Waals surface area contributed by atoms with Gasteiger partial charge >= 0.3 is 0 Å². The fraction of sp³-hybridized carbons (Fsp3) is 0.400. The van der Waals surface area contributed by atoms with Crippen LogP contribution in [-0.2, 0) is 0 Å². The summed E-state index contributed by atoms with van der Waals surface area (Å²) in [5, 5.41) is 19.1. The van der Waals surface area contributed by atoms with Crippen LogP contribution in [0.5, 0.6) is 5.75 Å². The van der Waals surface area contributed by atoms with Crippen LogP contribution >= 0.6 is 12.6 Å². The molecule has 84 valence electrons. The van der Waals surface area contributed by atoms with Gasteiger partial charge in [0.15, 0.2) is 0 Å². The number of ether oxygens (including phenoxy) is 1. The summed E-state index contributed by atoms with van der Waals surface area (Å²) in [6, 6.07) is 4.89. The molecule has 0 spiro atoms. The fourth-order valence-electron chi connectivity index (χ4n) is 1.26. The van der Waals surface area contributed by atoms with E-state index in [-0.39, 0.29) is 5.75 Å². The third kappa shape index (κ3) is 2.77. The summed E-state index contributed by atoms with van der Waals surface area (Å²) in [4.78, 5) is 0. The molecule has 0 aromatic heterocycles. The molecule has 15 heavy (non-hydrogen) atoms. The smallest absolute Gasteiger partial charge is 0.141 e. The van der Waals surface area contributed by atoms with Crippen LogP contribution in [0.1, 0.15) is 11.7 Å². The highest BCUT2D eigenvalue weighted by Gasteiger charge is 2.17. The van der Waals surface area contributed by atoms with E-state index in [9.17, 15) is 10.2 Å². The molecule has 1 aromatic carbocycles. The van der Waals surface area contributed by atoms with Gasteiger partial charge in [-0.1, -0.05) is 6.07 Å². The van der Waals surface area contributed by atoms with Crippen LogP contribution in [-0.4, -0.2) is 29.2 Å². The second-order valence-corrected chi connectivity index (χ2v) is 3.56. The first-order valence-corrected chi connectivity index (χ1v) is 5.13. The molecule has 0 aliphatic heterocycles. The first kappa shape index (κ1) is 12.2. The molecule has 2 atom stereocenters. The van der Waals surface area contributed by atoms with Gasteiger partial charge in [0.1, 0.15) is 11.9 Å². The van der Waals surface area contributed by atoms with Crippen LogP contribution in [0.2, 0.25) is 0 Å². The zero-order valence-electron chi connectivity index (χ0n) is 8.42. The highest BCUT2D eigenvalue weighted by molar-refractivity contribution is 7.80. The zero-order valence-corrected chi connectivity index (χ0v) is 9.32. The van der Waals surface area contributed by atoms with E-state index in [1.54, 1.807) is 18.2 Å². The van der Waals surface area contributed by atoms with Crippen LogP contribution in [0.4, 0.5) is 5.69 Å². The van der Waals surface area contributed by atoms with Crippen LogP contribution in [0, 0.1) is 0 Å². The van der Waals surface area contributed by atoms with Crippen molar-refractivity contribution in [3.05, 3.63) is 23.8 Å². The van der Waals surface area contributed by atoms with E-state index < -0.39 is 12.2 Å². The standard InChI is InChI=1S/C10H15NO3S/c1-14-9-3-2-6(4-7(9)11)10(13)8(12)5-15/h2-4,8,10,12-13,15H,5,11H2,1H3. The lowest BCUT2D eigenvalue weighted by atomic mass is 10.0. The molecule has 0 aliphatic rings. The molecule has 4 nitrogen and oxygen atoms in total. The maximum Gasteiger partial charge on any atom is 0.141 e. The van der Waals surface area contributed by atoms with Gasteiger partial charge < -0.3 is 20.7 Å². The molecule has 0 amide bonds. The van der Waals surface area contributed by atoms with E-state index in [2.05, 4.69) is 12.6 Å². The topological polar surface area (TPSA) is 75.7 Å². The third-order valence-corrected chi connectivity index (χ3v) is 2.52. The predicted molar refractivity (Wildman–Crippen MR) is 62.2 cm³/mol. The minimum atomic E-state index is -0.976. The van der Waals surface area contributed by atoms with E-state index >= 15 is 0 Å². The SMILES string of the molecule is COc1ccc(C(O)C(O)CS)cc1N. The second-order valence-electron chi connectivity index (χ2n) is 3.20. The van der Waals surface area contributed by atoms with Crippen LogP contribution in [0.3, 0.4) is 0 Å². The number of nitrogen functional groups attached to an aromatic ring is 1. The molecule has 1 aromatic rings. The Bertz CT molecular complexity index is 332. The molecule has 0 saturated carbocycles. The highest BCUT2D eigenvalue weighted by atomic mass is 32.1. The van der Waals surface area contributed by atoms with Crippen molar-refractivity contribution in [3.8, 4) is 5.75 Å². The molecule has 0 radical (unpaired) electrons. The molecule has 2 unspecified atom stereocenters. The van der Waals surface area contributed by atoms with Gasteiger partial charge in [-0.3, -0.25) is 0 Å². The van der Waals surface area contributed by atoms with Crippen LogP contribution in [0.25, 0.3) is 0 Å². The summed E-state index contributed by atoms with van der Waals surface area (Å²) in [5.41, 5.74) is 6.66. The van der Waals surface area contributed by atoms with E-state index in [1.807, 2.05) is 0 Å². The largest absolute Gasteiger partial charge is 0.495 e. The van der Waals surface area contributed by atoms with Gasteiger partial charge in [-0.05, 0) is 17.7 Å². The summed E-state index contributed by atoms with van der Waals surface area (Å²) >= 11 is 3.90. The van der Waals surface area contributed by atoms with Crippen molar-refractivity contribution in [1.82, 2.24) is 0 Å². The van der Waals surface area contributed by atoms with Crippen molar-refractivity contribution in [2.45, 2.75) is 12.2 Å². The lowest BCUT2D eigenvalue weighted by Gasteiger charge is -2.17. The molecule has 4 N–H and O–H groups in total. The Hall–Kier alpha value is -0.910. The van der Waals surface area contributed by atoms with Gasteiger partial charge in [0, 0.05) is 5.75 Å². The van der Waals surface area contributed by atoms with Crippen LogP contribution in [0.15, 0.2) is 18.2 Å². The summed E-state index contributed by atoms with van der Waals surface area (Å²) in [7, 11) is 1.52. The van der Waals surface area contributed by atoms with Gasteiger partial charge in [0.05, 0.1) is 18.9 Å². The van der Waals surface area contributed by atoms with Crippen molar-refractivity contribution in [1.29, 1.82) is 0 Å². The predicted octanol–water partition coefficient (Wildman–Crippen LogP) is 0.602. The maximum absolute atomic E-state index is 9.68. The average Bonchev–Trinajstić information content (AvgIpc) is 2.26. The maximum atomic E-state index is 9.68. The van der Waals surface area contributed by atoms with E-state index in [4.69, 9.17) is 10.5 Å². The molecule has 5 heteroatoms. The number of anilines is 1. The number of benzene rings is 1. The second kappa shape index (κ2) is 5.25. The molecular weight excluding hydrogens is 214 g/mol. The summed E-state index contributed by atoms with van der Waals surface area (Å²) < 4.78 is 4.98. The normalized spacial score (nSPS) is 14.7. The lowest BCUT2D eigenvalue weighted by molar-refractivity contribution is 0.0338. The molecule has 1 rings (SSSR count). The monoisotopic (exact) mass is 229 g/mol. The van der Waals surface area contributed by atoms with E-state index in [0.717, 1.165) is 0 Å². The van der Waals surface area contributed by atoms with Gasteiger partial charge in [0.25, 0.3) is 0 Å². The number of rotatable bonds is 4. The van der Waals surface area contributed by atoms with Crippen molar-refractivity contribution in [2.24, 2.45) is 0 Å². The number of thiol groups is 1. The van der Waals surface area contributed by atoms with Crippen LogP contribution < -0.4 is 10.5 Å². The Kier molecular flexibility index (Phi) is 4.26. The Labute approximate surface area is 94.1 Å². The minimum absolute atomic E-state index is 0.188. The van der Waals surface area contributed by atoms with Crippen molar-refractivity contribution < 1.29 is 14.9 Å². The molecule has 0 aliphatic carbocycles. The van der Waals surface area contributed by atoms with Crippen molar-refractivity contribution >= 4 is 18.3 Å². The number of nitrogens with two attached hydrogens (primary N) is 1. The number of aliphatic hydroxyl groups is 2. The minimum Gasteiger partial charge on any atom is -0.495 e. The van der Waals surface area contributed by atoms with E-state index in [0.29, 0.717) is 17.0 Å². The van der Waals surface area contributed by atoms with Gasteiger partial charge in [-0.2, -0.15) is 12.6 Å². The molecule has 0 fully saturated rings. The Morgan fingerprint density at radius 2 is 2.13 bits per heavy atom. The molecule has 0 bridgehead atoms. The Morgan fingerprint density at radius 3 is 2.60 bits per heavy atom. The first-order chi connectivity index (χ1) is 7.10.